The number of ether oxygens (including phenoxy) is 1. The van der Waals surface area contributed by atoms with Crippen LogP contribution in [-0.4, -0.2) is 47.2 Å². The van der Waals surface area contributed by atoms with E-state index >= 15 is 0 Å². The molecule has 0 spiro atoms. The summed E-state index contributed by atoms with van der Waals surface area (Å²) in [5.41, 5.74) is 0.326. The van der Waals surface area contributed by atoms with Gasteiger partial charge in [0.15, 0.2) is 5.78 Å². The van der Waals surface area contributed by atoms with Crippen LogP contribution >= 0.6 is 11.3 Å². The van der Waals surface area contributed by atoms with E-state index in [-0.39, 0.29) is 36.9 Å². The number of aliphatic hydroxyl groups excluding tert-OH is 1. The van der Waals surface area contributed by atoms with Gasteiger partial charge >= 0.3 is 5.69 Å². The summed E-state index contributed by atoms with van der Waals surface area (Å²) in [4.78, 5) is 44.3. The van der Waals surface area contributed by atoms with Crippen molar-refractivity contribution in [1.82, 2.24) is 24.1 Å². The van der Waals surface area contributed by atoms with Crippen molar-refractivity contribution in [2.24, 2.45) is 5.92 Å². The fourth-order valence-corrected chi connectivity index (χ4v) is 7.43. The van der Waals surface area contributed by atoms with Crippen LogP contribution in [0.25, 0.3) is 15.2 Å². The topological polar surface area (TPSA) is 121 Å². The molecule has 0 unspecified atom stereocenters. The Morgan fingerprint density at radius 3 is 2.41 bits per heavy atom. The lowest BCUT2D eigenvalue weighted by molar-refractivity contribution is -0.127. The summed E-state index contributed by atoms with van der Waals surface area (Å²) < 4.78 is 9.54. The molecule has 1 atom stereocenters. The maximum absolute atomic E-state index is 14.6. The summed E-state index contributed by atoms with van der Waals surface area (Å²) >= 11 is 1.28. The number of Topliss-reactive ketones (excluding diaryl/α,β-unsaturated/α-hetero) is 1. The Balaban J connectivity index is 1.74. The second-order valence-electron chi connectivity index (χ2n) is 12.8. The second kappa shape index (κ2) is 12.9. The van der Waals surface area contributed by atoms with Gasteiger partial charge in [-0.2, -0.15) is 10.2 Å². The average molecular weight is 622 g/mol. The van der Waals surface area contributed by atoms with E-state index in [0.29, 0.717) is 33.6 Å². The van der Waals surface area contributed by atoms with Crippen LogP contribution in [0.15, 0.2) is 46.2 Å². The van der Waals surface area contributed by atoms with E-state index in [4.69, 9.17) is 4.74 Å². The zero-order chi connectivity index (χ0) is 31.8. The van der Waals surface area contributed by atoms with Crippen LogP contribution in [-0.2, 0) is 28.0 Å². The van der Waals surface area contributed by atoms with Crippen molar-refractivity contribution in [3.63, 3.8) is 0 Å². The number of aliphatic hydroxyl groups is 1. The first-order chi connectivity index (χ1) is 20.9. The van der Waals surface area contributed by atoms with E-state index in [1.165, 1.54) is 16.1 Å². The lowest BCUT2D eigenvalue weighted by atomic mass is 9.91. The van der Waals surface area contributed by atoms with Gasteiger partial charge in [-0.05, 0) is 69.9 Å². The molecule has 0 bridgehead atoms. The van der Waals surface area contributed by atoms with Crippen molar-refractivity contribution in [3.05, 3.63) is 74.2 Å². The van der Waals surface area contributed by atoms with Crippen molar-refractivity contribution in [1.29, 1.82) is 0 Å². The number of fused-ring (bicyclic) bond motifs is 1. The van der Waals surface area contributed by atoms with Gasteiger partial charge in [-0.3, -0.25) is 14.2 Å². The first kappa shape index (κ1) is 32.0. The van der Waals surface area contributed by atoms with E-state index in [9.17, 15) is 19.5 Å². The Labute approximate surface area is 261 Å². The highest BCUT2D eigenvalue weighted by molar-refractivity contribution is 7.21. The molecule has 3 aromatic heterocycles. The molecular weight excluding hydrogens is 578 g/mol. The van der Waals surface area contributed by atoms with E-state index < -0.39 is 22.9 Å². The van der Waals surface area contributed by atoms with Gasteiger partial charge in [0.25, 0.3) is 5.56 Å². The predicted octanol–water partition coefficient (Wildman–Crippen LogP) is 5.09. The first-order valence-corrected chi connectivity index (χ1v) is 16.4. The molecule has 1 saturated carbocycles. The van der Waals surface area contributed by atoms with E-state index in [0.717, 1.165) is 35.0 Å². The molecule has 11 heteroatoms. The summed E-state index contributed by atoms with van der Waals surface area (Å²) in [7, 11) is 0. The Hall–Kier alpha value is -3.41. The number of hydrogen-bond acceptors (Lipinski definition) is 8. The number of ketones is 1. The van der Waals surface area contributed by atoms with Gasteiger partial charge in [0, 0.05) is 12.0 Å². The minimum Gasteiger partial charge on any atom is -0.393 e. The quantitative estimate of drug-likeness (QED) is 0.248. The zero-order valence-electron chi connectivity index (χ0n) is 26.4. The van der Waals surface area contributed by atoms with Gasteiger partial charge in [0.1, 0.15) is 21.5 Å². The molecule has 1 aliphatic carbocycles. The van der Waals surface area contributed by atoms with Crippen molar-refractivity contribution in [2.45, 2.75) is 110 Å². The van der Waals surface area contributed by atoms with Crippen molar-refractivity contribution in [2.75, 3.05) is 0 Å². The molecule has 1 aliphatic rings. The number of rotatable bonds is 11. The summed E-state index contributed by atoms with van der Waals surface area (Å²) in [6.07, 6.45) is 6.03. The summed E-state index contributed by atoms with van der Waals surface area (Å²) in [5.74, 6) is -0.106. The van der Waals surface area contributed by atoms with Gasteiger partial charge in [-0.25, -0.2) is 9.36 Å². The van der Waals surface area contributed by atoms with Gasteiger partial charge in [-0.1, -0.05) is 56.4 Å². The lowest BCUT2D eigenvalue weighted by Gasteiger charge is -2.32. The third-order valence-electron chi connectivity index (χ3n) is 8.75. The number of nitrogens with zero attached hydrogens (tertiary/aromatic N) is 5. The molecule has 5 rings (SSSR count). The molecule has 4 aromatic rings. The predicted molar refractivity (Wildman–Crippen MR) is 172 cm³/mol. The highest BCUT2D eigenvalue weighted by atomic mass is 32.1. The standard InChI is InChI=1S/C33H43N5O5S/c1-7-22-10-8-9-11-25(22)26(43-24-14-12-23(39)13-15-24)19-36-31-28(21(4)30(44-31)38-34-16-17-35-38)29(41)37(32(36)42)33(5,6)27(40)18-20(2)3/h8-11,16-17,20,23-24,26,39H,7,12-15,18-19H2,1-6H3/t23?,24?,26-/m0/s1. The summed E-state index contributed by atoms with van der Waals surface area (Å²) in [5, 5.41) is 19.7. The molecule has 1 aromatic carbocycles. The Morgan fingerprint density at radius 1 is 1.11 bits per heavy atom. The van der Waals surface area contributed by atoms with Crippen LogP contribution in [0.2, 0.25) is 0 Å². The average Bonchev–Trinajstić information content (AvgIpc) is 3.63. The fourth-order valence-electron chi connectivity index (χ4n) is 6.21. The third-order valence-corrected chi connectivity index (χ3v) is 10.0. The molecular formula is C33H43N5O5S. The molecule has 1 N–H and O–H groups in total. The number of thiophene rings is 1. The molecule has 44 heavy (non-hydrogen) atoms. The zero-order valence-corrected chi connectivity index (χ0v) is 27.3. The Kier molecular flexibility index (Phi) is 9.38. The maximum Gasteiger partial charge on any atom is 0.333 e. The smallest absolute Gasteiger partial charge is 0.333 e. The molecule has 0 amide bonds. The minimum atomic E-state index is -1.37. The van der Waals surface area contributed by atoms with Crippen LogP contribution in [0.4, 0.5) is 0 Å². The molecule has 1 fully saturated rings. The normalized spacial score (nSPS) is 18.3. The van der Waals surface area contributed by atoms with E-state index in [1.807, 2.05) is 39.0 Å². The SMILES string of the molecule is CCc1ccccc1[C@H](Cn1c(=O)n(C(C)(C)C(=O)CC(C)C)c(=O)c2c(C)c(-n3nccn3)sc21)OC1CCC(O)CC1. The van der Waals surface area contributed by atoms with Crippen LogP contribution < -0.4 is 11.2 Å². The van der Waals surface area contributed by atoms with Crippen molar-refractivity contribution >= 4 is 27.3 Å². The number of carbonyl (C=O) groups excluding carboxylic acids is 1. The maximum atomic E-state index is 14.6. The monoisotopic (exact) mass is 621 g/mol. The fraction of sp³-hybridized carbons (Fsp3) is 0.545. The highest BCUT2D eigenvalue weighted by Gasteiger charge is 2.36. The lowest BCUT2D eigenvalue weighted by Crippen LogP contribution is -2.53. The largest absolute Gasteiger partial charge is 0.393 e. The number of aromatic nitrogens is 5. The van der Waals surface area contributed by atoms with Crippen molar-refractivity contribution in [3.8, 4) is 5.00 Å². The highest BCUT2D eigenvalue weighted by Crippen LogP contribution is 2.34. The molecule has 0 radical (unpaired) electrons. The third kappa shape index (κ3) is 6.09. The first-order valence-electron chi connectivity index (χ1n) is 15.5. The molecule has 0 aliphatic heterocycles. The number of carbonyl (C=O) groups is 1. The molecule has 3 heterocycles. The van der Waals surface area contributed by atoms with Gasteiger partial charge in [-0.15, -0.1) is 4.80 Å². The summed E-state index contributed by atoms with van der Waals surface area (Å²) in [6, 6.07) is 8.07. The van der Waals surface area contributed by atoms with Crippen LogP contribution in [0.1, 0.15) is 89.5 Å². The number of aryl methyl sites for hydroxylation is 2. The van der Waals surface area contributed by atoms with E-state index in [2.05, 4.69) is 23.2 Å². The molecule has 236 valence electrons. The van der Waals surface area contributed by atoms with Gasteiger partial charge < -0.3 is 9.84 Å². The molecule has 0 saturated heterocycles. The van der Waals surface area contributed by atoms with Gasteiger partial charge in [0.2, 0.25) is 0 Å². The number of benzene rings is 1. The van der Waals surface area contributed by atoms with E-state index in [1.54, 1.807) is 30.8 Å². The van der Waals surface area contributed by atoms with Gasteiger partial charge in [0.05, 0.1) is 36.5 Å². The van der Waals surface area contributed by atoms with Crippen LogP contribution in [0.3, 0.4) is 0 Å². The number of hydrogen-bond donors (Lipinski definition) is 1. The Morgan fingerprint density at radius 2 is 1.77 bits per heavy atom. The van der Waals surface area contributed by atoms with Crippen LogP contribution in [0, 0.1) is 12.8 Å². The summed E-state index contributed by atoms with van der Waals surface area (Å²) in [6.45, 7) is 11.3. The van der Waals surface area contributed by atoms with Crippen molar-refractivity contribution < 1.29 is 14.6 Å². The minimum absolute atomic E-state index is 0.0705. The van der Waals surface area contributed by atoms with Crippen LogP contribution in [0.5, 0.6) is 0 Å². The second-order valence-corrected chi connectivity index (χ2v) is 13.7. The Bertz CT molecular complexity index is 1740. The molecule has 10 nitrogen and oxygen atoms in total.